The van der Waals surface area contributed by atoms with Gasteiger partial charge in [-0.2, -0.15) is 5.10 Å². The number of amides is 1. The summed E-state index contributed by atoms with van der Waals surface area (Å²) in [5, 5.41) is 12.3. The molecule has 7 nitrogen and oxygen atoms in total. The van der Waals surface area contributed by atoms with E-state index in [9.17, 15) is 4.79 Å². The molecule has 0 saturated heterocycles. The summed E-state index contributed by atoms with van der Waals surface area (Å²) in [4.78, 5) is 18.7. The van der Waals surface area contributed by atoms with Crippen molar-refractivity contribution in [3.8, 4) is 5.82 Å². The third kappa shape index (κ3) is 4.84. The first-order valence-electron chi connectivity index (χ1n) is 9.90. The van der Waals surface area contributed by atoms with Crippen molar-refractivity contribution < 1.29 is 4.79 Å². The minimum Gasteiger partial charge on any atom is -0.354 e. The molecule has 0 atom stereocenters. The molecule has 2 aromatic carbocycles. The topological polar surface area (TPSA) is 75.1 Å². The van der Waals surface area contributed by atoms with E-state index in [0.29, 0.717) is 22.9 Å². The number of nitrogens with one attached hydrogen (secondary N) is 2. The maximum absolute atomic E-state index is 12.2. The second kappa shape index (κ2) is 9.16. The van der Waals surface area contributed by atoms with Crippen molar-refractivity contribution in [2.24, 2.45) is 0 Å². The van der Waals surface area contributed by atoms with Crippen LogP contribution in [0.3, 0.4) is 0 Å². The third-order valence-corrected chi connectivity index (χ3v) is 5.12. The number of halogens is 1. The Morgan fingerprint density at radius 3 is 2.68 bits per heavy atom. The van der Waals surface area contributed by atoms with Crippen LogP contribution in [0.5, 0.6) is 0 Å². The molecule has 158 valence electrons. The number of anilines is 2. The Balaban J connectivity index is 1.51. The monoisotopic (exact) mass is 434 g/mol. The van der Waals surface area contributed by atoms with Gasteiger partial charge in [0.2, 0.25) is 0 Å². The van der Waals surface area contributed by atoms with Crippen LogP contribution in [-0.4, -0.2) is 52.8 Å². The largest absolute Gasteiger partial charge is 0.354 e. The molecule has 0 spiro atoms. The lowest BCUT2D eigenvalue weighted by Gasteiger charge is -2.10. The van der Waals surface area contributed by atoms with Crippen molar-refractivity contribution >= 4 is 39.8 Å². The Morgan fingerprint density at radius 1 is 1.10 bits per heavy atom. The molecule has 2 heterocycles. The van der Waals surface area contributed by atoms with Crippen LogP contribution < -0.4 is 10.6 Å². The van der Waals surface area contributed by atoms with E-state index < -0.39 is 0 Å². The fourth-order valence-corrected chi connectivity index (χ4v) is 3.34. The van der Waals surface area contributed by atoms with Crippen LogP contribution in [0.1, 0.15) is 10.4 Å². The highest BCUT2D eigenvalue weighted by atomic mass is 35.5. The molecular weight excluding hydrogens is 412 g/mol. The predicted molar refractivity (Wildman–Crippen MR) is 124 cm³/mol. The van der Waals surface area contributed by atoms with Gasteiger partial charge < -0.3 is 15.5 Å². The number of carbonyl (C=O) groups excluding carboxylic acids is 1. The summed E-state index contributed by atoms with van der Waals surface area (Å²) in [5.41, 5.74) is 3.19. The number of rotatable bonds is 7. The zero-order chi connectivity index (χ0) is 21.8. The Labute approximate surface area is 185 Å². The number of aromatic nitrogens is 3. The number of nitrogens with zero attached hydrogens (tertiary/aromatic N) is 4. The van der Waals surface area contributed by atoms with Gasteiger partial charge in [0.1, 0.15) is 0 Å². The van der Waals surface area contributed by atoms with Crippen LogP contribution in [-0.2, 0) is 0 Å². The normalized spacial score (nSPS) is 11.1. The molecule has 1 amide bonds. The number of hydrogen-bond donors (Lipinski definition) is 2. The van der Waals surface area contributed by atoms with Crippen molar-refractivity contribution in [3.63, 3.8) is 0 Å². The van der Waals surface area contributed by atoms with E-state index in [-0.39, 0.29) is 5.91 Å². The highest BCUT2D eigenvalue weighted by Crippen LogP contribution is 2.27. The van der Waals surface area contributed by atoms with Gasteiger partial charge in [0, 0.05) is 30.4 Å². The number of para-hydroxylation sites is 1. The van der Waals surface area contributed by atoms with E-state index in [4.69, 9.17) is 11.6 Å². The molecule has 4 aromatic rings. The molecule has 4 rings (SSSR count). The number of likely N-dealkylation sites (N-methyl/N-ethyl adjacent to an activating group) is 1. The summed E-state index contributed by atoms with van der Waals surface area (Å²) in [6.07, 6.45) is 3.36. The quantitative estimate of drug-likeness (QED) is 0.458. The molecule has 2 aromatic heterocycles. The van der Waals surface area contributed by atoms with Gasteiger partial charge >= 0.3 is 0 Å². The Bertz CT molecular complexity index is 1200. The Morgan fingerprint density at radius 2 is 1.94 bits per heavy atom. The van der Waals surface area contributed by atoms with Gasteiger partial charge in [-0.3, -0.25) is 4.79 Å². The molecular formula is C23H23ClN6O. The molecule has 0 aliphatic heterocycles. The summed E-state index contributed by atoms with van der Waals surface area (Å²) in [6.45, 7) is 1.37. The van der Waals surface area contributed by atoms with Crippen LogP contribution in [0, 0.1) is 0 Å². The fraction of sp³-hybridized carbons (Fsp3) is 0.174. The summed E-state index contributed by atoms with van der Waals surface area (Å²) >= 11 is 6.24. The summed E-state index contributed by atoms with van der Waals surface area (Å²) in [6, 6.07) is 17.1. The maximum atomic E-state index is 12.2. The second-order valence-corrected chi connectivity index (χ2v) is 7.81. The molecule has 31 heavy (non-hydrogen) atoms. The molecule has 0 aliphatic rings. The molecule has 0 saturated carbocycles. The first-order chi connectivity index (χ1) is 15.0. The minimum atomic E-state index is -0.137. The van der Waals surface area contributed by atoms with Gasteiger partial charge in [-0.1, -0.05) is 23.7 Å². The van der Waals surface area contributed by atoms with Crippen molar-refractivity contribution in [2.75, 3.05) is 32.5 Å². The first kappa shape index (κ1) is 20.8. The second-order valence-electron chi connectivity index (χ2n) is 7.40. The van der Waals surface area contributed by atoms with Gasteiger partial charge in [0.15, 0.2) is 5.82 Å². The van der Waals surface area contributed by atoms with Gasteiger partial charge in [0.05, 0.1) is 28.0 Å². The van der Waals surface area contributed by atoms with Crippen LogP contribution in [0.4, 0.5) is 11.4 Å². The summed E-state index contributed by atoms with van der Waals surface area (Å²) < 4.78 is 1.75. The van der Waals surface area contributed by atoms with Gasteiger partial charge in [-0.05, 0) is 56.6 Å². The molecule has 0 aliphatic carbocycles. The van der Waals surface area contributed by atoms with Crippen LogP contribution in [0.25, 0.3) is 16.7 Å². The SMILES string of the molecule is CN(C)CCNC(=O)c1ccc(-n2ncc3cc(Nc4ccccc4Cl)ccc32)nc1. The smallest absolute Gasteiger partial charge is 0.252 e. The van der Waals surface area contributed by atoms with Crippen molar-refractivity contribution in [1.82, 2.24) is 25.0 Å². The van der Waals surface area contributed by atoms with Crippen LogP contribution in [0.2, 0.25) is 5.02 Å². The zero-order valence-electron chi connectivity index (χ0n) is 17.3. The zero-order valence-corrected chi connectivity index (χ0v) is 18.1. The molecule has 0 fully saturated rings. The number of fused-ring (bicyclic) bond motifs is 1. The molecule has 8 heteroatoms. The van der Waals surface area contributed by atoms with Gasteiger partial charge in [0.25, 0.3) is 5.91 Å². The first-order valence-corrected chi connectivity index (χ1v) is 10.3. The lowest BCUT2D eigenvalue weighted by molar-refractivity contribution is 0.0950. The Hall–Kier alpha value is -3.42. The number of hydrogen-bond acceptors (Lipinski definition) is 5. The van der Waals surface area contributed by atoms with Crippen LogP contribution in [0.15, 0.2) is 67.0 Å². The van der Waals surface area contributed by atoms with E-state index in [0.717, 1.165) is 28.8 Å². The molecule has 0 bridgehead atoms. The van der Waals surface area contributed by atoms with Gasteiger partial charge in [-0.15, -0.1) is 0 Å². The van der Waals surface area contributed by atoms with Crippen molar-refractivity contribution in [3.05, 3.63) is 77.6 Å². The van der Waals surface area contributed by atoms with E-state index in [1.165, 1.54) is 0 Å². The predicted octanol–water partition coefficient (Wildman–Crippen LogP) is 4.11. The van der Waals surface area contributed by atoms with E-state index in [1.54, 1.807) is 29.2 Å². The summed E-state index contributed by atoms with van der Waals surface area (Å²) in [7, 11) is 3.93. The van der Waals surface area contributed by atoms with Crippen LogP contribution >= 0.6 is 11.6 Å². The van der Waals surface area contributed by atoms with Gasteiger partial charge in [-0.25, -0.2) is 9.67 Å². The maximum Gasteiger partial charge on any atom is 0.252 e. The van der Waals surface area contributed by atoms with E-state index in [2.05, 4.69) is 20.7 Å². The number of pyridine rings is 1. The van der Waals surface area contributed by atoms with Crippen molar-refractivity contribution in [2.45, 2.75) is 0 Å². The average molecular weight is 435 g/mol. The lowest BCUT2D eigenvalue weighted by Crippen LogP contribution is -2.31. The average Bonchev–Trinajstić information content (AvgIpc) is 3.18. The van der Waals surface area contributed by atoms with E-state index >= 15 is 0 Å². The highest BCUT2D eigenvalue weighted by molar-refractivity contribution is 6.33. The molecule has 0 unspecified atom stereocenters. The third-order valence-electron chi connectivity index (χ3n) is 4.79. The fourth-order valence-electron chi connectivity index (χ4n) is 3.15. The lowest BCUT2D eigenvalue weighted by atomic mass is 10.2. The standard InChI is InChI=1S/C23H23ClN6O/c1-29(2)12-11-25-23(31)16-7-10-22(26-14-16)30-21-9-8-18(13-17(21)15-27-30)28-20-6-4-3-5-19(20)24/h3-10,13-15,28H,11-12H2,1-2H3,(H,25,31). The van der Waals surface area contributed by atoms with Crippen molar-refractivity contribution in [1.29, 1.82) is 0 Å². The summed E-state index contributed by atoms with van der Waals surface area (Å²) in [5.74, 6) is 0.508. The number of benzene rings is 2. The molecule has 0 radical (unpaired) electrons. The molecule has 2 N–H and O–H groups in total. The Kier molecular flexibility index (Phi) is 6.16. The minimum absolute atomic E-state index is 0.137. The van der Waals surface area contributed by atoms with E-state index in [1.807, 2.05) is 61.5 Å². The number of carbonyl (C=O) groups is 1. The highest BCUT2D eigenvalue weighted by Gasteiger charge is 2.10.